The summed E-state index contributed by atoms with van der Waals surface area (Å²) >= 11 is 0. The van der Waals surface area contributed by atoms with Gasteiger partial charge in [0.2, 0.25) is 0 Å². The molecule has 0 bridgehead atoms. The fourth-order valence-electron chi connectivity index (χ4n) is 2.83. The number of ether oxygens (including phenoxy) is 1. The quantitative estimate of drug-likeness (QED) is 0.689. The largest absolute Gasteiger partial charge is 0.478 e. The van der Waals surface area contributed by atoms with E-state index < -0.39 is 17.9 Å². The lowest BCUT2D eigenvalue weighted by Gasteiger charge is -2.07. The molecule has 1 atom stereocenters. The van der Waals surface area contributed by atoms with Gasteiger partial charge in [-0.2, -0.15) is 0 Å². The van der Waals surface area contributed by atoms with Crippen LogP contribution in [0.25, 0.3) is 5.57 Å². The summed E-state index contributed by atoms with van der Waals surface area (Å²) in [5.74, 6) is -1.73. The molecule has 1 aliphatic heterocycles. The molecular formula is C20H18O4. The van der Waals surface area contributed by atoms with Gasteiger partial charge in [-0.1, -0.05) is 59.7 Å². The minimum Gasteiger partial charge on any atom is -0.478 e. The summed E-state index contributed by atoms with van der Waals surface area (Å²) in [5, 5.41) is 9.59. The number of carboxylic acids is 1. The fourth-order valence-corrected chi connectivity index (χ4v) is 2.83. The van der Waals surface area contributed by atoms with Crippen LogP contribution in [0.4, 0.5) is 0 Å². The number of carbonyl (C=O) groups excluding carboxylic acids is 1. The van der Waals surface area contributed by atoms with E-state index in [1.807, 2.05) is 50.2 Å². The van der Waals surface area contributed by atoms with Crippen molar-refractivity contribution in [2.75, 3.05) is 0 Å². The van der Waals surface area contributed by atoms with Crippen LogP contribution in [-0.2, 0) is 14.3 Å². The molecule has 1 heterocycles. The Labute approximate surface area is 140 Å². The van der Waals surface area contributed by atoms with Crippen LogP contribution in [0.2, 0.25) is 0 Å². The number of cyclic esters (lactones) is 1. The van der Waals surface area contributed by atoms with Crippen molar-refractivity contribution in [3.63, 3.8) is 0 Å². The van der Waals surface area contributed by atoms with Crippen LogP contribution in [0, 0.1) is 13.8 Å². The predicted octanol–water partition coefficient (Wildman–Crippen LogP) is 3.83. The van der Waals surface area contributed by atoms with Crippen LogP contribution >= 0.6 is 0 Å². The number of allylic oxidation sites excluding steroid dienone is 1. The van der Waals surface area contributed by atoms with E-state index in [0.717, 1.165) is 16.7 Å². The monoisotopic (exact) mass is 322 g/mol. The first-order valence-electron chi connectivity index (χ1n) is 7.77. The van der Waals surface area contributed by atoms with Crippen LogP contribution in [-0.4, -0.2) is 17.0 Å². The highest BCUT2D eigenvalue weighted by Gasteiger charge is 2.35. The van der Waals surface area contributed by atoms with Crippen molar-refractivity contribution < 1.29 is 19.4 Å². The van der Waals surface area contributed by atoms with E-state index in [-0.39, 0.29) is 17.8 Å². The average molecular weight is 322 g/mol. The van der Waals surface area contributed by atoms with Gasteiger partial charge in [-0.25, -0.2) is 4.79 Å². The highest BCUT2D eigenvalue weighted by atomic mass is 16.5. The third-order valence-corrected chi connectivity index (χ3v) is 4.21. The van der Waals surface area contributed by atoms with Gasteiger partial charge < -0.3 is 9.84 Å². The van der Waals surface area contributed by atoms with Crippen LogP contribution < -0.4 is 0 Å². The highest BCUT2D eigenvalue weighted by Crippen LogP contribution is 2.37. The lowest BCUT2D eigenvalue weighted by molar-refractivity contribution is -0.136. The SMILES string of the molecule is Cc1ccc(/C(C(=O)O)=C2/CC(c3ccc(C)cc3)C(=O)O2)cc1. The molecule has 1 saturated heterocycles. The first kappa shape index (κ1) is 16.0. The van der Waals surface area contributed by atoms with Crippen molar-refractivity contribution in [3.05, 3.63) is 76.5 Å². The molecule has 1 fully saturated rings. The van der Waals surface area contributed by atoms with Gasteiger partial charge in [-0.15, -0.1) is 0 Å². The molecule has 0 amide bonds. The maximum Gasteiger partial charge on any atom is 0.339 e. The zero-order valence-electron chi connectivity index (χ0n) is 13.6. The lowest BCUT2D eigenvalue weighted by atomic mass is 9.94. The third-order valence-electron chi connectivity index (χ3n) is 4.21. The molecule has 0 spiro atoms. The summed E-state index contributed by atoms with van der Waals surface area (Å²) < 4.78 is 5.33. The number of benzene rings is 2. The molecular weight excluding hydrogens is 304 g/mol. The van der Waals surface area contributed by atoms with Gasteiger partial charge in [0.05, 0.1) is 5.92 Å². The smallest absolute Gasteiger partial charge is 0.339 e. The van der Waals surface area contributed by atoms with Gasteiger partial charge in [-0.3, -0.25) is 4.79 Å². The topological polar surface area (TPSA) is 63.6 Å². The third kappa shape index (κ3) is 3.08. The van der Waals surface area contributed by atoms with Gasteiger partial charge >= 0.3 is 11.9 Å². The molecule has 1 aliphatic rings. The maximum absolute atomic E-state index is 12.2. The second-order valence-electron chi connectivity index (χ2n) is 6.06. The minimum atomic E-state index is -1.09. The van der Waals surface area contributed by atoms with Crippen molar-refractivity contribution in [1.82, 2.24) is 0 Å². The molecule has 4 nitrogen and oxygen atoms in total. The van der Waals surface area contributed by atoms with Crippen LogP contribution in [0.1, 0.15) is 34.6 Å². The lowest BCUT2D eigenvalue weighted by Crippen LogP contribution is -2.05. The summed E-state index contributed by atoms with van der Waals surface area (Å²) in [6, 6.07) is 14.8. The minimum absolute atomic E-state index is 0.0537. The molecule has 4 heteroatoms. The van der Waals surface area contributed by atoms with Crippen molar-refractivity contribution in [2.24, 2.45) is 0 Å². The molecule has 0 aromatic heterocycles. The van der Waals surface area contributed by atoms with Gasteiger partial charge in [-0.05, 0) is 25.0 Å². The molecule has 3 rings (SSSR count). The Hall–Kier alpha value is -2.88. The van der Waals surface area contributed by atoms with Gasteiger partial charge in [0.25, 0.3) is 0 Å². The molecule has 24 heavy (non-hydrogen) atoms. The van der Waals surface area contributed by atoms with E-state index in [4.69, 9.17) is 4.74 Å². The van der Waals surface area contributed by atoms with E-state index in [1.54, 1.807) is 12.1 Å². The van der Waals surface area contributed by atoms with Gasteiger partial charge in [0, 0.05) is 6.42 Å². The Kier molecular flexibility index (Phi) is 4.21. The molecule has 1 unspecified atom stereocenters. The molecule has 2 aromatic carbocycles. The van der Waals surface area contributed by atoms with E-state index in [0.29, 0.717) is 5.56 Å². The summed E-state index contributed by atoms with van der Waals surface area (Å²) in [6.07, 6.45) is 0.261. The summed E-state index contributed by atoms with van der Waals surface area (Å²) in [4.78, 5) is 24.0. The number of hydrogen-bond donors (Lipinski definition) is 1. The van der Waals surface area contributed by atoms with E-state index in [1.165, 1.54) is 0 Å². The van der Waals surface area contributed by atoms with Crippen LogP contribution in [0.15, 0.2) is 54.3 Å². The van der Waals surface area contributed by atoms with Gasteiger partial charge in [0.15, 0.2) is 0 Å². The molecule has 122 valence electrons. The van der Waals surface area contributed by atoms with Crippen molar-refractivity contribution >= 4 is 17.5 Å². The zero-order valence-corrected chi connectivity index (χ0v) is 13.6. The van der Waals surface area contributed by atoms with Crippen LogP contribution in [0.5, 0.6) is 0 Å². The normalized spacial score (nSPS) is 19.1. The number of carbonyl (C=O) groups is 2. The zero-order chi connectivity index (χ0) is 17.3. The second-order valence-corrected chi connectivity index (χ2v) is 6.06. The fraction of sp³-hybridized carbons (Fsp3) is 0.200. The first-order valence-corrected chi connectivity index (χ1v) is 7.77. The average Bonchev–Trinajstić information content (AvgIpc) is 2.91. The summed E-state index contributed by atoms with van der Waals surface area (Å²) in [5.41, 5.74) is 3.58. The Morgan fingerprint density at radius 1 is 1.00 bits per heavy atom. The summed E-state index contributed by atoms with van der Waals surface area (Å²) in [7, 11) is 0. The Morgan fingerprint density at radius 2 is 1.54 bits per heavy atom. The van der Waals surface area contributed by atoms with E-state index in [9.17, 15) is 14.7 Å². The Balaban J connectivity index is 1.99. The number of carboxylic acid groups (broad SMARTS) is 1. The maximum atomic E-state index is 12.2. The number of hydrogen-bond acceptors (Lipinski definition) is 3. The second kappa shape index (κ2) is 6.32. The molecule has 0 saturated carbocycles. The highest BCUT2D eigenvalue weighted by molar-refractivity contribution is 6.16. The molecule has 1 N–H and O–H groups in total. The molecule has 0 aliphatic carbocycles. The van der Waals surface area contributed by atoms with Crippen molar-refractivity contribution in [2.45, 2.75) is 26.2 Å². The summed E-state index contributed by atoms with van der Waals surface area (Å²) in [6.45, 7) is 3.91. The van der Waals surface area contributed by atoms with Gasteiger partial charge in [0.1, 0.15) is 11.3 Å². The number of aryl methyl sites for hydroxylation is 2. The van der Waals surface area contributed by atoms with Crippen molar-refractivity contribution in [1.29, 1.82) is 0 Å². The molecule has 2 aromatic rings. The van der Waals surface area contributed by atoms with E-state index in [2.05, 4.69) is 0 Å². The number of esters is 1. The predicted molar refractivity (Wildman–Crippen MR) is 90.4 cm³/mol. The Morgan fingerprint density at radius 3 is 2.08 bits per heavy atom. The number of aliphatic carboxylic acids is 1. The molecule has 0 radical (unpaired) electrons. The standard InChI is InChI=1S/C20H18O4/c1-12-3-7-14(8-4-12)16-11-17(24-20(16)23)18(19(21)22)15-9-5-13(2)6-10-15/h3-10,16H,11H2,1-2H3,(H,21,22)/b18-17+. The van der Waals surface area contributed by atoms with E-state index >= 15 is 0 Å². The first-order chi connectivity index (χ1) is 11.5. The Bertz CT molecular complexity index is 814. The van der Waals surface area contributed by atoms with Crippen molar-refractivity contribution in [3.8, 4) is 0 Å². The number of rotatable bonds is 3. The van der Waals surface area contributed by atoms with Crippen LogP contribution in [0.3, 0.4) is 0 Å².